The second-order valence-corrected chi connectivity index (χ2v) is 8.63. The molecule has 166 valence electrons. The van der Waals surface area contributed by atoms with Gasteiger partial charge in [0.25, 0.3) is 0 Å². The Labute approximate surface area is 189 Å². The lowest BCUT2D eigenvalue weighted by molar-refractivity contribution is 0.0686. The van der Waals surface area contributed by atoms with Gasteiger partial charge in [0.05, 0.1) is 11.1 Å². The van der Waals surface area contributed by atoms with Crippen molar-refractivity contribution >= 4 is 11.9 Å². The van der Waals surface area contributed by atoms with E-state index in [4.69, 9.17) is 0 Å². The van der Waals surface area contributed by atoms with Gasteiger partial charge in [-0.25, -0.2) is 9.59 Å². The number of hydrogen-bond donors (Lipinski definition) is 2. The number of benzene rings is 3. The third kappa shape index (κ3) is 4.59. The monoisotopic (exact) mass is 430 g/mol. The van der Waals surface area contributed by atoms with Crippen LogP contribution in [0.3, 0.4) is 0 Å². The molecule has 0 fully saturated rings. The summed E-state index contributed by atoms with van der Waals surface area (Å²) in [6.45, 7) is 8.43. The number of aromatic carboxylic acids is 2. The molecule has 0 unspecified atom stereocenters. The zero-order chi connectivity index (χ0) is 23.4. The molecule has 0 aromatic heterocycles. The molecule has 0 amide bonds. The Morgan fingerprint density at radius 2 is 1.34 bits per heavy atom. The first-order chi connectivity index (χ1) is 15.3. The number of carboxylic acid groups (broad SMARTS) is 2. The SMILES string of the molecule is CCCc1cc(C)c(CC(C)C)c(-c2ccccc2C(=O)O)c1-c1ccccc1C(=O)O. The normalized spacial score (nSPS) is 11.0. The summed E-state index contributed by atoms with van der Waals surface area (Å²) < 4.78 is 0. The molecule has 0 spiro atoms. The van der Waals surface area contributed by atoms with E-state index in [0.29, 0.717) is 17.0 Å². The molecule has 0 aliphatic heterocycles. The minimum atomic E-state index is -0.994. The zero-order valence-electron chi connectivity index (χ0n) is 19.1. The Bertz CT molecular complexity index is 1160. The van der Waals surface area contributed by atoms with Crippen molar-refractivity contribution < 1.29 is 19.8 Å². The van der Waals surface area contributed by atoms with Gasteiger partial charge in [-0.3, -0.25) is 0 Å². The maximum Gasteiger partial charge on any atom is 0.336 e. The highest BCUT2D eigenvalue weighted by molar-refractivity contribution is 6.04. The van der Waals surface area contributed by atoms with Gasteiger partial charge in [-0.1, -0.05) is 69.7 Å². The molecule has 3 aromatic rings. The molecule has 0 radical (unpaired) electrons. The molecule has 0 bridgehead atoms. The predicted octanol–water partition coefficient (Wildman–Crippen LogP) is 6.88. The van der Waals surface area contributed by atoms with Gasteiger partial charge in [-0.2, -0.15) is 0 Å². The van der Waals surface area contributed by atoms with E-state index in [2.05, 4.69) is 33.8 Å². The standard InChI is InChI=1S/C28H30O4/c1-5-10-19-16-18(4)24(15-17(2)3)26(21-12-7-9-14-23(21)28(31)32)25(19)20-11-6-8-13-22(20)27(29)30/h6-9,11-14,16-17H,5,10,15H2,1-4H3,(H,29,30)(H,31,32). The summed E-state index contributed by atoms with van der Waals surface area (Å²) in [6, 6.07) is 16.2. The van der Waals surface area contributed by atoms with E-state index in [-0.39, 0.29) is 11.1 Å². The van der Waals surface area contributed by atoms with Gasteiger partial charge in [0.15, 0.2) is 0 Å². The number of rotatable bonds is 8. The molecule has 0 heterocycles. The van der Waals surface area contributed by atoms with Crippen molar-refractivity contribution in [3.05, 3.63) is 82.4 Å². The van der Waals surface area contributed by atoms with Crippen LogP contribution < -0.4 is 0 Å². The molecule has 4 heteroatoms. The largest absolute Gasteiger partial charge is 0.478 e. The van der Waals surface area contributed by atoms with Crippen LogP contribution in [0.1, 0.15) is 64.6 Å². The number of aryl methyl sites for hydroxylation is 2. The predicted molar refractivity (Wildman–Crippen MR) is 129 cm³/mol. The van der Waals surface area contributed by atoms with Gasteiger partial charge in [0, 0.05) is 0 Å². The summed E-state index contributed by atoms with van der Waals surface area (Å²) in [5.41, 5.74) is 6.60. The third-order valence-corrected chi connectivity index (χ3v) is 5.72. The second kappa shape index (κ2) is 9.82. The van der Waals surface area contributed by atoms with Crippen molar-refractivity contribution in [1.29, 1.82) is 0 Å². The Morgan fingerprint density at radius 3 is 1.81 bits per heavy atom. The molecule has 32 heavy (non-hydrogen) atoms. The molecule has 2 N–H and O–H groups in total. The number of carboxylic acids is 2. The van der Waals surface area contributed by atoms with Crippen molar-refractivity contribution in [2.24, 2.45) is 5.92 Å². The molecular formula is C28H30O4. The zero-order valence-corrected chi connectivity index (χ0v) is 19.1. The van der Waals surface area contributed by atoms with Gasteiger partial charge < -0.3 is 10.2 Å². The molecule has 0 saturated carbocycles. The van der Waals surface area contributed by atoms with Crippen molar-refractivity contribution in [2.45, 2.75) is 47.0 Å². The molecule has 0 aliphatic rings. The minimum absolute atomic E-state index is 0.221. The van der Waals surface area contributed by atoms with E-state index in [1.54, 1.807) is 24.3 Å². The topological polar surface area (TPSA) is 74.6 Å². The fourth-order valence-electron chi connectivity index (χ4n) is 4.45. The van der Waals surface area contributed by atoms with Gasteiger partial charge in [0.1, 0.15) is 0 Å². The van der Waals surface area contributed by atoms with Crippen molar-refractivity contribution in [1.82, 2.24) is 0 Å². The maximum atomic E-state index is 12.2. The Morgan fingerprint density at radius 1 is 0.844 bits per heavy atom. The van der Waals surface area contributed by atoms with Crippen LogP contribution in [0.2, 0.25) is 0 Å². The molecule has 0 atom stereocenters. The molecule has 3 rings (SSSR count). The van der Waals surface area contributed by atoms with Crippen LogP contribution in [0.15, 0.2) is 54.6 Å². The average Bonchev–Trinajstić information content (AvgIpc) is 2.75. The van der Waals surface area contributed by atoms with E-state index >= 15 is 0 Å². The Hall–Kier alpha value is -3.40. The fourth-order valence-corrected chi connectivity index (χ4v) is 4.45. The highest BCUT2D eigenvalue weighted by atomic mass is 16.4. The Kier molecular flexibility index (Phi) is 7.14. The molecule has 3 aromatic carbocycles. The van der Waals surface area contributed by atoms with E-state index in [0.717, 1.165) is 47.1 Å². The van der Waals surface area contributed by atoms with Crippen LogP contribution in [0.5, 0.6) is 0 Å². The lowest BCUT2D eigenvalue weighted by Crippen LogP contribution is -2.09. The molecular weight excluding hydrogens is 400 g/mol. The van der Waals surface area contributed by atoms with Crippen molar-refractivity contribution in [3.63, 3.8) is 0 Å². The van der Waals surface area contributed by atoms with Crippen LogP contribution >= 0.6 is 0 Å². The van der Waals surface area contributed by atoms with Gasteiger partial charge in [0.2, 0.25) is 0 Å². The van der Waals surface area contributed by atoms with Crippen molar-refractivity contribution in [2.75, 3.05) is 0 Å². The molecule has 0 aliphatic carbocycles. The minimum Gasteiger partial charge on any atom is -0.478 e. The maximum absolute atomic E-state index is 12.2. The van der Waals surface area contributed by atoms with Crippen LogP contribution in [0, 0.1) is 12.8 Å². The van der Waals surface area contributed by atoms with Crippen LogP contribution in [0.25, 0.3) is 22.3 Å². The van der Waals surface area contributed by atoms with E-state index in [1.807, 2.05) is 24.3 Å². The third-order valence-electron chi connectivity index (χ3n) is 5.72. The number of hydrogen-bond acceptors (Lipinski definition) is 2. The summed E-state index contributed by atoms with van der Waals surface area (Å²) in [6.07, 6.45) is 2.43. The number of carbonyl (C=O) groups is 2. The highest BCUT2D eigenvalue weighted by Gasteiger charge is 2.25. The quantitative estimate of drug-likeness (QED) is 0.409. The molecule has 0 saturated heterocycles. The molecule has 4 nitrogen and oxygen atoms in total. The lowest BCUT2D eigenvalue weighted by atomic mass is 9.79. The van der Waals surface area contributed by atoms with Crippen LogP contribution in [-0.2, 0) is 12.8 Å². The van der Waals surface area contributed by atoms with Crippen molar-refractivity contribution in [3.8, 4) is 22.3 Å². The smallest absolute Gasteiger partial charge is 0.336 e. The van der Waals surface area contributed by atoms with Gasteiger partial charge >= 0.3 is 11.9 Å². The lowest BCUT2D eigenvalue weighted by Gasteiger charge is -2.24. The van der Waals surface area contributed by atoms with Gasteiger partial charge in [-0.05, 0) is 76.8 Å². The first kappa shape index (κ1) is 23.3. The fraction of sp³-hybridized carbons (Fsp3) is 0.286. The summed E-state index contributed by atoms with van der Waals surface area (Å²) in [5.74, 6) is -1.64. The highest BCUT2D eigenvalue weighted by Crippen LogP contribution is 2.43. The van der Waals surface area contributed by atoms with Crippen LogP contribution in [0.4, 0.5) is 0 Å². The van der Waals surface area contributed by atoms with Crippen LogP contribution in [-0.4, -0.2) is 22.2 Å². The van der Waals surface area contributed by atoms with E-state index in [1.165, 1.54) is 0 Å². The summed E-state index contributed by atoms with van der Waals surface area (Å²) >= 11 is 0. The van der Waals surface area contributed by atoms with Gasteiger partial charge in [-0.15, -0.1) is 0 Å². The first-order valence-electron chi connectivity index (χ1n) is 11.1. The van der Waals surface area contributed by atoms with E-state index in [9.17, 15) is 19.8 Å². The average molecular weight is 431 g/mol. The summed E-state index contributed by atoms with van der Waals surface area (Å²) in [5, 5.41) is 19.9. The van der Waals surface area contributed by atoms with E-state index < -0.39 is 11.9 Å². The summed E-state index contributed by atoms with van der Waals surface area (Å²) in [7, 11) is 0. The Balaban J connectivity index is 2.56. The summed E-state index contributed by atoms with van der Waals surface area (Å²) in [4.78, 5) is 24.3. The first-order valence-corrected chi connectivity index (χ1v) is 11.1. The second-order valence-electron chi connectivity index (χ2n) is 8.63.